The molecule has 124 valence electrons. The van der Waals surface area contributed by atoms with Crippen LogP contribution in [0, 0.1) is 17.8 Å². The highest BCUT2D eigenvalue weighted by Crippen LogP contribution is 2.35. The van der Waals surface area contributed by atoms with E-state index in [1.165, 1.54) is 14.0 Å². The number of methoxy groups -OCH3 is 1. The van der Waals surface area contributed by atoms with Gasteiger partial charge >= 0.3 is 5.97 Å². The molecule has 0 radical (unpaired) electrons. The summed E-state index contributed by atoms with van der Waals surface area (Å²) in [6.45, 7) is 5.73. The zero-order valence-corrected chi connectivity index (χ0v) is 13.9. The molecule has 1 amide bonds. The van der Waals surface area contributed by atoms with E-state index in [0.29, 0.717) is 17.9 Å². The molecular formula is C17H27NO4. The third-order valence-electron chi connectivity index (χ3n) is 4.56. The number of esters is 1. The average Bonchev–Trinajstić information content (AvgIpc) is 2.94. The Hall–Kier alpha value is -1.65. The zero-order valence-electron chi connectivity index (χ0n) is 13.9. The van der Waals surface area contributed by atoms with E-state index in [1.54, 1.807) is 0 Å². The summed E-state index contributed by atoms with van der Waals surface area (Å²) >= 11 is 0. The number of rotatable bonds is 8. The quantitative estimate of drug-likeness (QED) is 0.551. The average molecular weight is 309 g/mol. The van der Waals surface area contributed by atoms with Crippen molar-refractivity contribution in [2.24, 2.45) is 17.8 Å². The highest BCUT2D eigenvalue weighted by Gasteiger charge is 2.36. The number of nitrogens with one attached hydrogen (secondary N) is 1. The Kier molecular flexibility index (Phi) is 7.28. The smallest absolute Gasteiger partial charge is 0.333 e. The number of hydrogen-bond acceptors (Lipinski definition) is 4. The Bertz CT molecular complexity index is 440. The molecule has 0 saturated heterocycles. The molecule has 1 rings (SSSR count). The summed E-state index contributed by atoms with van der Waals surface area (Å²) in [6.07, 6.45) is 5.95. The molecule has 5 nitrogen and oxygen atoms in total. The second-order valence-electron chi connectivity index (χ2n) is 5.99. The minimum Gasteiger partial charge on any atom is -0.466 e. The van der Waals surface area contributed by atoms with Gasteiger partial charge in [0.25, 0.3) is 0 Å². The Morgan fingerprint density at radius 2 is 2.05 bits per heavy atom. The van der Waals surface area contributed by atoms with Crippen LogP contribution in [0.5, 0.6) is 0 Å². The molecular weight excluding hydrogens is 282 g/mol. The molecule has 0 spiro atoms. The summed E-state index contributed by atoms with van der Waals surface area (Å²) in [5, 5.41) is 2.97. The predicted octanol–water partition coefficient (Wildman–Crippen LogP) is 2.25. The molecule has 3 atom stereocenters. The van der Waals surface area contributed by atoms with Crippen molar-refractivity contribution < 1.29 is 19.1 Å². The number of carbonyl (C=O) groups is 3. The van der Waals surface area contributed by atoms with Crippen molar-refractivity contribution in [2.45, 2.75) is 52.5 Å². The van der Waals surface area contributed by atoms with Crippen molar-refractivity contribution in [3.63, 3.8) is 0 Å². The second kappa shape index (κ2) is 8.71. The maximum absolute atomic E-state index is 11.7. The van der Waals surface area contributed by atoms with Crippen molar-refractivity contribution in [1.82, 2.24) is 5.32 Å². The monoisotopic (exact) mass is 309 g/mol. The lowest BCUT2D eigenvalue weighted by Gasteiger charge is -2.29. The minimum atomic E-state index is -0.390. The van der Waals surface area contributed by atoms with Gasteiger partial charge in [0.05, 0.1) is 7.11 Å². The van der Waals surface area contributed by atoms with Gasteiger partial charge < -0.3 is 14.8 Å². The topological polar surface area (TPSA) is 72.5 Å². The molecule has 5 heteroatoms. The van der Waals surface area contributed by atoms with Crippen LogP contribution >= 0.6 is 0 Å². The second-order valence-corrected chi connectivity index (χ2v) is 5.99. The first-order chi connectivity index (χ1) is 10.5. The Balaban J connectivity index is 2.98. The van der Waals surface area contributed by atoms with Crippen LogP contribution in [0.2, 0.25) is 0 Å². The molecule has 1 unspecified atom stereocenters. The summed E-state index contributed by atoms with van der Waals surface area (Å²) in [6, 6.07) is -0.125. The third kappa shape index (κ3) is 4.68. The van der Waals surface area contributed by atoms with E-state index < -0.39 is 5.97 Å². The third-order valence-corrected chi connectivity index (χ3v) is 4.56. The van der Waals surface area contributed by atoms with Crippen molar-refractivity contribution in [3.05, 3.63) is 11.6 Å². The molecule has 22 heavy (non-hydrogen) atoms. The van der Waals surface area contributed by atoms with Gasteiger partial charge in [-0.25, -0.2) is 4.79 Å². The summed E-state index contributed by atoms with van der Waals surface area (Å²) < 4.78 is 4.75. The largest absolute Gasteiger partial charge is 0.466 e. The number of hydrogen-bond donors (Lipinski definition) is 1. The Morgan fingerprint density at radius 1 is 1.41 bits per heavy atom. The number of amides is 1. The highest BCUT2D eigenvalue weighted by molar-refractivity contribution is 5.90. The van der Waals surface area contributed by atoms with Gasteiger partial charge in [-0.05, 0) is 18.8 Å². The van der Waals surface area contributed by atoms with Crippen LogP contribution in [0.3, 0.4) is 0 Å². The maximum atomic E-state index is 11.7. The number of ether oxygens (including phenoxy) is 1. The normalized spacial score (nSPS) is 22.1. The molecule has 1 aliphatic rings. The zero-order chi connectivity index (χ0) is 16.7. The van der Waals surface area contributed by atoms with E-state index in [0.717, 1.165) is 25.5 Å². The van der Waals surface area contributed by atoms with Crippen molar-refractivity contribution in [3.8, 4) is 0 Å². The molecule has 0 aromatic carbocycles. The van der Waals surface area contributed by atoms with Gasteiger partial charge in [0, 0.05) is 30.4 Å². The number of aldehydes is 1. The van der Waals surface area contributed by atoms with Crippen molar-refractivity contribution in [1.29, 1.82) is 0 Å². The summed E-state index contributed by atoms with van der Waals surface area (Å²) in [7, 11) is 1.34. The van der Waals surface area contributed by atoms with Gasteiger partial charge in [-0.2, -0.15) is 0 Å². The summed E-state index contributed by atoms with van der Waals surface area (Å²) in [5.74, 6) is -0.435. The number of carbonyl (C=O) groups excluding carboxylic acids is 3. The molecule has 0 heterocycles. The SMILES string of the molecule is CCC(CC)CC(NC(C)=O)[C@@H]1C=C(C(=O)OC)C[C@H]1C=O. The lowest BCUT2D eigenvalue weighted by molar-refractivity contribution is -0.136. The summed E-state index contributed by atoms with van der Waals surface area (Å²) in [4.78, 5) is 34.6. The van der Waals surface area contributed by atoms with E-state index in [4.69, 9.17) is 4.74 Å². The molecule has 0 fully saturated rings. The van der Waals surface area contributed by atoms with E-state index >= 15 is 0 Å². The van der Waals surface area contributed by atoms with Gasteiger partial charge in [0.15, 0.2) is 0 Å². The van der Waals surface area contributed by atoms with E-state index in [2.05, 4.69) is 19.2 Å². The molecule has 0 bridgehead atoms. The first kappa shape index (κ1) is 18.4. The van der Waals surface area contributed by atoms with Crippen LogP contribution in [0.25, 0.3) is 0 Å². The van der Waals surface area contributed by atoms with Crippen LogP contribution in [0.1, 0.15) is 46.5 Å². The first-order valence-electron chi connectivity index (χ1n) is 7.98. The van der Waals surface area contributed by atoms with Crippen LogP contribution in [0.4, 0.5) is 0 Å². The van der Waals surface area contributed by atoms with E-state index in [1.807, 2.05) is 6.08 Å². The highest BCUT2D eigenvalue weighted by atomic mass is 16.5. The van der Waals surface area contributed by atoms with Crippen molar-refractivity contribution in [2.75, 3.05) is 7.11 Å². The maximum Gasteiger partial charge on any atom is 0.333 e. The van der Waals surface area contributed by atoms with Gasteiger partial charge in [-0.15, -0.1) is 0 Å². The minimum absolute atomic E-state index is 0.111. The standard InChI is InChI=1S/C17H27NO4/c1-5-12(6-2)7-16(18-11(3)20)15-9-13(17(21)22-4)8-14(15)10-19/h9-10,12,14-16H,5-8H2,1-4H3,(H,18,20)/t14-,15+,16?/m0/s1. The molecule has 0 aromatic heterocycles. The fourth-order valence-corrected chi connectivity index (χ4v) is 3.20. The van der Waals surface area contributed by atoms with E-state index in [9.17, 15) is 14.4 Å². The molecule has 0 aromatic rings. The van der Waals surface area contributed by atoms with Crippen LogP contribution in [-0.4, -0.2) is 31.3 Å². The van der Waals surface area contributed by atoms with Gasteiger partial charge in [-0.1, -0.05) is 32.8 Å². The van der Waals surface area contributed by atoms with Gasteiger partial charge in [-0.3, -0.25) is 4.79 Å². The molecule has 0 aliphatic heterocycles. The lowest BCUT2D eigenvalue weighted by atomic mass is 9.83. The molecule has 1 N–H and O–H groups in total. The fraction of sp³-hybridized carbons (Fsp3) is 0.706. The molecule has 0 saturated carbocycles. The Morgan fingerprint density at radius 3 is 2.50 bits per heavy atom. The molecule has 1 aliphatic carbocycles. The van der Waals surface area contributed by atoms with Gasteiger partial charge in [0.1, 0.15) is 6.29 Å². The Labute approximate surface area is 132 Å². The summed E-state index contributed by atoms with van der Waals surface area (Å²) in [5.41, 5.74) is 0.532. The fourth-order valence-electron chi connectivity index (χ4n) is 3.20. The van der Waals surface area contributed by atoms with Crippen LogP contribution < -0.4 is 5.32 Å². The van der Waals surface area contributed by atoms with Crippen molar-refractivity contribution >= 4 is 18.2 Å². The van der Waals surface area contributed by atoms with Crippen LogP contribution in [-0.2, 0) is 19.1 Å². The van der Waals surface area contributed by atoms with Crippen LogP contribution in [0.15, 0.2) is 11.6 Å². The first-order valence-corrected chi connectivity index (χ1v) is 7.98. The van der Waals surface area contributed by atoms with Gasteiger partial charge in [0.2, 0.25) is 5.91 Å². The predicted molar refractivity (Wildman–Crippen MR) is 84.1 cm³/mol. The van der Waals surface area contributed by atoms with E-state index in [-0.39, 0.29) is 23.8 Å². The lowest BCUT2D eigenvalue weighted by Crippen LogP contribution is -2.42.